The number of aromatic nitrogens is 4. The van der Waals surface area contributed by atoms with Crippen LogP contribution >= 0.6 is 11.6 Å². The first kappa shape index (κ1) is 15.7. The van der Waals surface area contributed by atoms with Gasteiger partial charge in [0, 0.05) is 11.4 Å². The molecule has 2 unspecified atom stereocenters. The fourth-order valence-corrected chi connectivity index (χ4v) is 2.29. The lowest BCUT2D eigenvalue weighted by Gasteiger charge is -2.24. The molecule has 2 rings (SSSR count). The van der Waals surface area contributed by atoms with Crippen LogP contribution in [-0.4, -0.2) is 38.9 Å². The van der Waals surface area contributed by atoms with Gasteiger partial charge in [-0.1, -0.05) is 24.6 Å². The number of halogens is 1. The summed E-state index contributed by atoms with van der Waals surface area (Å²) in [5.41, 5.74) is 0. The van der Waals surface area contributed by atoms with Gasteiger partial charge in [0.1, 0.15) is 11.9 Å². The highest BCUT2D eigenvalue weighted by Gasteiger charge is 2.20. The van der Waals surface area contributed by atoms with Gasteiger partial charge in [0.2, 0.25) is 0 Å². The van der Waals surface area contributed by atoms with Crippen LogP contribution in [0.5, 0.6) is 5.75 Å². The molecule has 0 saturated carbocycles. The van der Waals surface area contributed by atoms with E-state index in [1.807, 2.05) is 31.2 Å². The van der Waals surface area contributed by atoms with Gasteiger partial charge in [-0.2, -0.15) is 4.80 Å². The first-order valence-corrected chi connectivity index (χ1v) is 7.34. The van der Waals surface area contributed by atoms with E-state index < -0.39 is 0 Å². The van der Waals surface area contributed by atoms with E-state index in [0.717, 1.165) is 12.3 Å². The number of likely N-dealkylation sites (N-methyl/N-ethyl adjacent to an activating group) is 1. The van der Waals surface area contributed by atoms with Crippen molar-refractivity contribution in [2.75, 3.05) is 6.54 Å². The number of tetrazole rings is 1. The lowest BCUT2D eigenvalue weighted by Crippen LogP contribution is -2.43. The molecule has 6 nitrogen and oxygen atoms in total. The highest BCUT2D eigenvalue weighted by molar-refractivity contribution is 6.30. The van der Waals surface area contributed by atoms with Crippen molar-refractivity contribution in [3.63, 3.8) is 0 Å². The van der Waals surface area contributed by atoms with Crippen molar-refractivity contribution in [1.82, 2.24) is 25.5 Å². The molecule has 0 amide bonds. The van der Waals surface area contributed by atoms with Crippen molar-refractivity contribution in [1.29, 1.82) is 0 Å². The second-order valence-electron chi connectivity index (χ2n) is 4.84. The minimum absolute atomic E-state index is 0.0489. The number of hydrogen-bond donors (Lipinski definition) is 1. The van der Waals surface area contributed by atoms with Gasteiger partial charge in [0.05, 0.1) is 13.1 Å². The molecule has 1 heterocycles. The number of nitrogens with one attached hydrogen (secondary N) is 1. The quantitative estimate of drug-likeness (QED) is 0.845. The summed E-state index contributed by atoms with van der Waals surface area (Å²) in [6.45, 7) is 4.92. The first-order valence-electron chi connectivity index (χ1n) is 6.97. The molecule has 0 radical (unpaired) electrons. The van der Waals surface area contributed by atoms with Gasteiger partial charge in [-0.15, -0.1) is 10.2 Å². The van der Waals surface area contributed by atoms with Crippen molar-refractivity contribution in [3.05, 3.63) is 35.1 Å². The second-order valence-corrected chi connectivity index (χ2v) is 5.28. The van der Waals surface area contributed by atoms with Gasteiger partial charge in [-0.3, -0.25) is 0 Å². The van der Waals surface area contributed by atoms with Gasteiger partial charge in [0.15, 0.2) is 5.82 Å². The van der Waals surface area contributed by atoms with Crippen molar-refractivity contribution in [3.8, 4) is 5.75 Å². The predicted octanol–water partition coefficient (Wildman–Crippen LogP) is 1.85. The zero-order chi connectivity index (χ0) is 15.2. The summed E-state index contributed by atoms with van der Waals surface area (Å²) in [4.78, 5) is 1.46. The molecule has 21 heavy (non-hydrogen) atoms. The smallest absolute Gasteiger partial charge is 0.176 e. The van der Waals surface area contributed by atoms with Gasteiger partial charge >= 0.3 is 0 Å². The Kier molecular flexibility index (Phi) is 5.52. The lowest BCUT2D eigenvalue weighted by molar-refractivity contribution is 0.169. The maximum atomic E-state index is 5.97. The SMILES string of the molecule is CCNC(Cc1nnn(C)n1)C(C)Oc1cccc(Cl)c1. The Morgan fingerprint density at radius 2 is 2.24 bits per heavy atom. The summed E-state index contributed by atoms with van der Waals surface area (Å²) < 4.78 is 5.96. The minimum Gasteiger partial charge on any atom is -0.489 e. The molecule has 0 aliphatic rings. The van der Waals surface area contributed by atoms with Gasteiger partial charge in [-0.05, 0) is 36.9 Å². The van der Waals surface area contributed by atoms with E-state index in [-0.39, 0.29) is 12.1 Å². The Labute approximate surface area is 129 Å². The van der Waals surface area contributed by atoms with E-state index >= 15 is 0 Å². The molecular formula is C14H20ClN5O. The molecule has 0 spiro atoms. The maximum Gasteiger partial charge on any atom is 0.176 e. The Balaban J connectivity index is 2.02. The molecule has 0 aliphatic heterocycles. The molecule has 0 fully saturated rings. The van der Waals surface area contributed by atoms with Crippen LogP contribution in [0.2, 0.25) is 5.02 Å². The number of nitrogens with zero attached hydrogens (tertiary/aromatic N) is 4. The monoisotopic (exact) mass is 309 g/mol. The summed E-state index contributed by atoms with van der Waals surface area (Å²) >= 11 is 5.97. The van der Waals surface area contributed by atoms with E-state index in [1.54, 1.807) is 7.05 Å². The number of benzene rings is 1. The zero-order valence-electron chi connectivity index (χ0n) is 12.5. The largest absolute Gasteiger partial charge is 0.489 e. The molecule has 2 atom stereocenters. The Morgan fingerprint density at radius 3 is 2.86 bits per heavy atom. The molecule has 0 aliphatic carbocycles. The third-order valence-electron chi connectivity index (χ3n) is 3.10. The third-order valence-corrected chi connectivity index (χ3v) is 3.34. The molecule has 1 N–H and O–H groups in total. The van der Waals surface area contributed by atoms with Crippen LogP contribution < -0.4 is 10.1 Å². The van der Waals surface area contributed by atoms with E-state index in [0.29, 0.717) is 17.3 Å². The molecular weight excluding hydrogens is 290 g/mol. The van der Waals surface area contributed by atoms with E-state index in [9.17, 15) is 0 Å². The minimum atomic E-state index is -0.0489. The van der Waals surface area contributed by atoms with Crippen molar-refractivity contribution in [2.24, 2.45) is 7.05 Å². The molecule has 1 aromatic carbocycles. The first-order chi connectivity index (χ1) is 10.1. The number of rotatable bonds is 7. The number of aryl methyl sites for hydroxylation is 1. The molecule has 7 heteroatoms. The van der Waals surface area contributed by atoms with E-state index in [2.05, 4.69) is 27.7 Å². The van der Waals surface area contributed by atoms with Crippen LogP contribution in [-0.2, 0) is 13.5 Å². The van der Waals surface area contributed by atoms with Crippen LogP contribution in [0.4, 0.5) is 0 Å². The van der Waals surface area contributed by atoms with Gasteiger partial charge < -0.3 is 10.1 Å². The van der Waals surface area contributed by atoms with Crippen LogP contribution in [0.1, 0.15) is 19.7 Å². The van der Waals surface area contributed by atoms with Crippen LogP contribution in [0.15, 0.2) is 24.3 Å². The van der Waals surface area contributed by atoms with Crippen LogP contribution in [0.25, 0.3) is 0 Å². The summed E-state index contributed by atoms with van der Waals surface area (Å²) in [7, 11) is 1.75. The average molecular weight is 310 g/mol. The molecule has 0 bridgehead atoms. The van der Waals surface area contributed by atoms with Crippen molar-refractivity contribution in [2.45, 2.75) is 32.4 Å². The number of hydrogen-bond acceptors (Lipinski definition) is 5. The topological polar surface area (TPSA) is 64.9 Å². The van der Waals surface area contributed by atoms with Crippen LogP contribution in [0.3, 0.4) is 0 Å². The average Bonchev–Trinajstić information content (AvgIpc) is 2.84. The molecule has 2 aromatic rings. The normalized spacial score (nSPS) is 13.9. The molecule has 114 valence electrons. The van der Waals surface area contributed by atoms with Crippen LogP contribution in [0, 0.1) is 0 Å². The summed E-state index contributed by atoms with van der Waals surface area (Å²) in [5, 5.41) is 16.2. The second kappa shape index (κ2) is 7.38. The van der Waals surface area contributed by atoms with E-state index in [1.165, 1.54) is 4.80 Å². The molecule has 0 saturated heterocycles. The fourth-order valence-electron chi connectivity index (χ4n) is 2.11. The Bertz CT molecular complexity index is 574. The summed E-state index contributed by atoms with van der Waals surface area (Å²) in [6, 6.07) is 7.49. The van der Waals surface area contributed by atoms with Gasteiger partial charge in [-0.25, -0.2) is 0 Å². The van der Waals surface area contributed by atoms with E-state index in [4.69, 9.17) is 16.3 Å². The highest BCUT2D eigenvalue weighted by Crippen LogP contribution is 2.19. The van der Waals surface area contributed by atoms with Crippen molar-refractivity contribution >= 4 is 11.6 Å². The van der Waals surface area contributed by atoms with Crippen molar-refractivity contribution < 1.29 is 4.74 Å². The van der Waals surface area contributed by atoms with Gasteiger partial charge in [0.25, 0.3) is 0 Å². The number of ether oxygens (including phenoxy) is 1. The molecule has 1 aromatic heterocycles. The standard InChI is InChI=1S/C14H20ClN5O/c1-4-16-13(9-14-17-19-20(3)18-14)10(2)21-12-7-5-6-11(15)8-12/h5-8,10,13,16H,4,9H2,1-3H3. The zero-order valence-corrected chi connectivity index (χ0v) is 13.2. The Hall–Kier alpha value is -1.66. The fraction of sp³-hybridized carbons (Fsp3) is 0.500. The summed E-state index contributed by atoms with van der Waals surface area (Å²) in [5.74, 6) is 1.45. The lowest BCUT2D eigenvalue weighted by atomic mass is 10.1. The Morgan fingerprint density at radius 1 is 1.43 bits per heavy atom. The maximum absolute atomic E-state index is 5.97. The summed E-state index contributed by atoms with van der Waals surface area (Å²) in [6.07, 6.45) is 0.607. The highest BCUT2D eigenvalue weighted by atomic mass is 35.5. The third kappa shape index (κ3) is 4.68. The predicted molar refractivity (Wildman–Crippen MR) is 81.5 cm³/mol.